The zero-order chi connectivity index (χ0) is 23.4. The van der Waals surface area contributed by atoms with Crippen LogP contribution in [0.4, 0.5) is 10.1 Å². The first-order valence-electron chi connectivity index (χ1n) is 10.8. The smallest absolute Gasteiger partial charge is 0.253 e. The minimum atomic E-state index is -0.368. The van der Waals surface area contributed by atoms with Crippen LogP contribution in [0.15, 0.2) is 64.6 Å². The van der Waals surface area contributed by atoms with E-state index in [1.165, 1.54) is 36.0 Å². The lowest BCUT2D eigenvalue weighted by Crippen LogP contribution is -2.41. The van der Waals surface area contributed by atoms with Crippen molar-refractivity contribution in [3.8, 4) is 0 Å². The normalized spacial score (nSPS) is 14.2. The Kier molecular flexibility index (Phi) is 7.03. The molecule has 0 aliphatic carbocycles. The van der Waals surface area contributed by atoms with Crippen molar-refractivity contribution in [1.29, 1.82) is 0 Å². The van der Waals surface area contributed by atoms with Gasteiger partial charge >= 0.3 is 0 Å². The molecule has 0 atom stereocenters. The van der Waals surface area contributed by atoms with Crippen LogP contribution in [0.2, 0.25) is 0 Å². The molecule has 3 aromatic rings. The molecule has 2 aromatic carbocycles. The van der Waals surface area contributed by atoms with Gasteiger partial charge in [-0.05, 0) is 93.0 Å². The van der Waals surface area contributed by atoms with Crippen molar-refractivity contribution >= 4 is 29.3 Å². The Morgan fingerprint density at radius 2 is 1.58 bits per heavy atom. The summed E-state index contributed by atoms with van der Waals surface area (Å²) in [6.45, 7) is 4.89. The van der Waals surface area contributed by atoms with Gasteiger partial charge in [-0.2, -0.15) is 0 Å². The van der Waals surface area contributed by atoms with Gasteiger partial charge in [0, 0.05) is 46.5 Å². The molecule has 6 nitrogen and oxygen atoms in total. The summed E-state index contributed by atoms with van der Waals surface area (Å²) in [4.78, 5) is 36.9. The van der Waals surface area contributed by atoms with E-state index in [1.54, 1.807) is 4.90 Å². The average Bonchev–Trinajstić information content (AvgIpc) is 2.80. The zero-order valence-electron chi connectivity index (χ0n) is 18.5. The topological polar surface area (TPSA) is 75.2 Å². The van der Waals surface area contributed by atoms with Crippen molar-refractivity contribution in [1.82, 2.24) is 14.9 Å². The number of hydrogen-bond acceptors (Lipinski definition) is 5. The summed E-state index contributed by atoms with van der Waals surface area (Å²) in [6.07, 6.45) is 1.19. The second-order valence-corrected chi connectivity index (χ2v) is 9.16. The molecule has 0 unspecified atom stereocenters. The second-order valence-electron chi connectivity index (χ2n) is 8.12. The highest BCUT2D eigenvalue weighted by Gasteiger charge is 2.28. The maximum atomic E-state index is 13.1. The molecular formula is C25H25FN4O2S. The Labute approximate surface area is 196 Å². The summed E-state index contributed by atoms with van der Waals surface area (Å²) in [5.41, 5.74) is 3.05. The van der Waals surface area contributed by atoms with Gasteiger partial charge in [-0.15, -0.1) is 0 Å². The Morgan fingerprint density at radius 1 is 0.970 bits per heavy atom. The molecule has 2 heterocycles. The first kappa shape index (κ1) is 22.9. The number of nitrogens with zero attached hydrogens (tertiary/aromatic N) is 3. The van der Waals surface area contributed by atoms with Crippen molar-refractivity contribution in [2.45, 2.75) is 36.7 Å². The Balaban J connectivity index is 1.29. The number of nitrogens with one attached hydrogen (secondary N) is 1. The van der Waals surface area contributed by atoms with Crippen molar-refractivity contribution in [2.75, 3.05) is 18.4 Å². The lowest BCUT2D eigenvalue weighted by Gasteiger charge is -2.31. The molecule has 1 aliphatic rings. The number of anilines is 1. The minimum absolute atomic E-state index is 0.0399. The van der Waals surface area contributed by atoms with Gasteiger partial charge in [-0.1, -0.05) is 0 Å². The fraction of sp³-hybridized carbons (Fsp3) is 0.280. The number of aromatic nitrogens is 2. The van der Waals surface area contributed by atoms with Gasteiger partial charge in [0.2, 0.25) is 5.91 Å². The predicted molar refractivity (Wildman–Crippen MR) is 126 cm³/mol. The fourth-order valence-corrected chi connectivity index (χ4v) is 4.68. The van der Waals surface area contributed by atoms with Crippen LogP contribution in [-0.4, -0.2) is 39.8 Å². The van der Waals surface area contributed by atoms with Gasteiger partial charge in [0.25, 0.3) is 5.91 Å². The Hall–Kier alpha value is -3.26. The summed E-state index contributed by atoms with van der Waals surface area (Å²) in [5, 5.41) is 3.68. The molecule has 0 spiro atoms. The highest BCUT2D eigenvalue weighted by Crippen LogP contribution is 2.27. The summed E-state index contributed by atoms with van der Waals surface area (Å²) in [7, 11) is 0. The van der Waals surface area contributed by atoms with Gasteiger partial charge in [0.1, 0.15) is 5.82 Å². The summed E-state index contributed by atoms with van der Waals surface area (Å²) < 4.78 is 13.1. The number of benzene rings is 2. The Bertz CT molecular complexity index is 1120. The Morgan fingerprint density at radius 3 is 2.18 bits per heavy atom. The van der Waals surface area contributed by atoms with E-state index >= 15 is 0 Å². The lowest BCUT2D eigenvalue weighted by molar-refractivity contribution is -0.121. The number of amides is 2. The van der Waals surface area contributed by atoms with Crippen molar-refractivity contribution in [3.63, 3.8) is 0 Å². The molecule has 4 rings (SSSR count). The number of likely N-dealkylation sites (tertiary alicyclic amines) is 1. The number of halogens is 1. The van der Waals surface area contributed by atoms with Crippen molar-refractivity contribution in [2.24, 2.45) is 5.92 Å². The molecule has 0 radical (unpaired) electrons. The van der Waals surface area contributed by atoms with E-state index in [9.17, 15) is 14.0 Å². The standard InChI is InChI=1S/C25H25FN4O2S/c1-16-15-17(2)28-25(27-16)33-22-9-7-21(8-10-22)29-23(31)18-11-13-30(14-12-18)24(32)19-3-5-20(26)6-4-19/h3-10,15,18H,11-14H2,1-2H3,(H,29,31). The van der Waals surface area contributed by atoms with Crippen molar-refractivity contribution in [3.05, 3.63) is 77.4 Å². The van der Waals surface area contributed by atoms with Crippen LogP contribution in [0, 0.1) is 25.6 Å². The summed E-state index contributed by atoms with van der Waals surface area (Å²) >= 11 is 1.48. The third-order valence-corrected chi connectivity index (χ3v) is 6.41. The highest BCUT2D eigenvalue weighted by atomic mass is 32.2. The van der Waals surface area contributed by atoms with E-state index in [1.807, 2.05) is 44.2 Å². The number of carbonyl (C=O) groups is 2. The number of rotatable bonds is 5. The quantitative estimate of drug-likeness (QED) is 0.545. The maximum Gasteiger partial charge on any atom is 0.253 e. The molecule has 170 valence electrons. The molecule has 0 saturated carbocycles. The number of piperidine rings is 1. The number of aryl methyl sites for hydroxylation is 2. The van der Waals surface area contributed by atoms with E-state index < -0.39 is 0 Å². The SMILES string of the molecule is Cc1cc(C)nc(Sc2ccc(NC(=O)C3CCN(C(=O)c4ccc(F)cc4)CC3)cc2)n1. The van der Waals surface area contributed by atoms with Crippen LogP contribution < -0.4 is 5.32 Å². The van der Waals surface area contributed by atoms with Crippen LogP contribution in [0.5, 0.6) is 0 Å². The first-order valence-corrected chi connectivity index (χ1v) is 11.6. The predicted octanol–water partition coefficient (Wildman–Crippen LogP) is 4.87. The highest BCUT2D eigenvalue weighted by molar-refractivity contribution is 7.99. The van der Waals surface area contributed by atoms with Crippen molar-refractivity contribution < 1.29 is 14.0 Å². The van der Waals surface area contributed by atoms with Crippen LogP contribution in [0.1, 0.15) is 34.6 Å². The van der Waals surface area contributed by atoms with Gasteiger partial charge in [-0.3, -0.25) is 9.59 Å². The van der Waals surface area contributed by atoms with Crippen LogP contribution in [0.25, 0.3) is 0 Å². The van der Waals surface area contributed by atoms with E-state index in [4.69, 9.17) is 0 Å². The van der Waals surface area contributed by atoms with E-state index in [-0.39, 0.29) is 23.5 Å². The maximum absolute atomic E-state index is 13.1. The number of carbonyl (C=O) groups excluding carboxylic acids is 2. The molecule has 1 fully saturated rings. The van der Waals surface area contributed by atoms with Crippen LogP contribution in [-0.2, 0) is 4.79 Å². The lowest BCUT2D eigenvalue weighted by atomic mass is 9.95. The minimum Gasteiger partial charge on any atom is -0.339 e. The molecule has 2 amide bonds. The molecule has 1 aromatic heterocycles. The second kappa shape index (κ2) is 10.1. The van der Waals surface area contributed by atoms with Gasteiger partial charge in [-0.25, -0.2) is 14.4 Å². The van der Waals surface area contributed by atoms with Crippen LogP contribution in [0.3, 0.4) is 0 Å². The van der Waals surface area contributed by atoms with E-state index in [2.05, 4.69) is 15.3 Å². The van der Waals surface area contributed by atoms with Gasteiger partial charge in [0.15, 0.2) is 5.16 Å². The van der Waals surface area contributed by atoms with E-state index in [0.717, 1.165) is 22.0 Å². The third kappa shape index (κ3) is 5.96. The molecule has 0 bridgehead atoms. The fourth-order valence-electron chi connectivity index (χ4n) is 3.82. The molecule has 1 aliphatic heterocycles. The molecule has 33 heavy (non-hydrogen) atoms. The first-order chi connectivity index (χ1) is 15.9. The average molecular weight is 465 g/mol. The zero-order valence-corrected chi connectivity index (χ0v) is 19.4. The van der Waals surface area contributed by atoms with E-state index in [0.29, 0.717) is 36.7 Å². The molecule has 8 heteroatoms. The molecule has 1 saturated heterocycles. The van der Waals surface area contributed by atoms with Gasteiger partial charge in [0.05, 0.1) is 0 Å². The largest absolute Gasteiger partial charge is 0.339 e. The third-order valence-electron chi connectivity index (χ3n) is 5.54. The summed E-state index contributed by atoms with van der Waals surface area (Å²) in [5.74, 6) is -0.691. The molecule has 1 N–H and O–H groups in total. The molecular weight excluding hydrogens is 439 g/mol. The summed E-state index contributed by atoms with van der Waals surface area (Å²) in [6, 6.07) is 15.1. The van der Waals surface area contributed by atoms with Crippen LogP contribution >= 0.6 is 11.8 Å². The number of hydrogen-bond donors (Lipinski definition) is 1. The monoisotopic (exact) mass is 464 g/mol. The van der Waals surface area contributed by atoms with Gasteiger partial charge < -0.3 is 10.2 Å².